The molecular weight excluding hydrogens is 224 g/mol. The average molecular weight is 238 g/mol. The second kappa shape index (κ2) is 5.30. The predicted octanol–water partition coefficient (Wildman–Crippen LogP) is -0.748. The second-order valence-electron chi connectivity index (χ2n) is 3.84. The maximum atomic E-state index is 11.7. The van der Waals surface area contributed by atoms with Crippen molar-refractivity contribution in [1.82, 2.24) is 14.7 Å². The molecule has 1 saturated heterocycles. The number of nitriles is 1. The van der Waals surface area contributed by atoms with Gasteiger partial charge in [-0.25, -0.2) is 4.79 Å². The van der Waals surface area contributed by atoms with Crippen LogP contribution in [0, 0.1) is 11.3 Å². The number of nitrogens with zero attached hydrogens (tertiary/aromatic N) is 4. The lowest BCUT2D eigenvalue weighted by Gasteiger charge is -2.19. The van der Waals surface area contributed by atoms with Crippen LogP contribution in [0.3, 0.4) is 0 Å². The molecule has 0 aromatic rings. The van der Waals surface area contributed by atoms with Crippen molar-refractivity contribution in [3.8, 4) is 6.07 Å². The van der Waals surface area contributed by atoms with Crippen molar-refractivity contribution < 1.29 is 14.4 Å². The highest BCUT2D eigenvalue weighted by Crippen LogP contribution is 2.07. The maximum Gasteiger partial charge on any atom is 0.327 e. The standard InChI is InChI=1S/C10H14N4O3/c1-12(5-3-4-11)8(15)7-14-9(16)6-13(2)10(14)17/h3,5-7H2,1-2H3. The average Bonchev–Trinajstić information content (AvgIpc) is 2.52. The van der Waals surface area contributed by atoms with Crippen LogP contribution in [-0.2, 0) is 9.59 Å². The molecule has 1 aliphatic rings. The predicted molar refractivity (Wildman–Crippen MR) is 57.6 cm³/mol. The summed E-state index contributed by atoms with van der Waals surface area (Å²) in [6.45, 7) is 0.0410. The van der Waals surface area contributed by atoms with Crippen LogP contribution in [0.2, 0.25) is 0 Å². The van der Waals surface area contributed by atoms with E-state index in [1.807, 2.05) is 6.07 Å². The number of imide groups is 1. The van der Waals surface area contributed by atoms with Gasteiger partial charge in [-0.15, -0.1) is 0 Å². The Labute approximate surface area is 99.2 Å². The fourth-order valence-electron chi connectivity index (χ4n) is 1.42. The van der Waals surface area contributed by atoms with Crippen molar-refractivity contribution in [2.75, 3.05) is 33.7 Å². The number of hydrogen-bond donors (Lipinski definition) is 0. The fraction of sp³-hybridized carbons (Fsp3) is 0.600. The summed E-state index contributed by atoms with van der Waals surface area (Å²) >= 11 is 0. The molecule has 0 aromatic heterocycles. The van der Waals surface area contributed by atoms with Gasteiger partial charge in [0.2, 0.25) is 5.91 Å². The van der Waals surface area contributed by atoms with Gasteiger partial charge in [-0.1, -0.05) is 0 Å². The van der Waals surface area contributed by atoms with Crippen molar-refractivity contribution >= 4 is 17.8 Å². The van der Waals surface area contributed by atoms with E-state index in [1.165, 1.54) is 23.9 Å². The molecule has 1 rings (SSSR count). The SMILES string of the molecule is CN(CCC#N)C(=O)CN1C(=O)CN(C)C1=O. The first-order valence-electron chi connectivity index (χ1n) is 5.13. The minimum atomic E-state index is -0.461. The normalized spacial score (nSPS) is 15.1. The summed E-state index contributed by atoms with van der Waals surface area (Å²) in [6, 6.07) is 1.46. The first kappa shape index (κ1) is 13.0. The largest absolute Gasteiger partial charge is 0.343 e. The summed E-state index contributed by atoms with van der Waals surface area (Å²) in [5.74, 6) is -0.725. The molecule has 17 heavy (non-hydrogen) atoms. The Hall–Kier alpha value is -2.10. The number of rotatable bonds is 4. The van der Waals surface area contributed by atoms with E-state index >= 15 is 0 Å². The first-order valence-corrected chi connectivity index (χ1v) is 5.13. The van der Waals surface area contributed by atoms with E-state index in [2.05, 4.69) is 0 Å². The molecule has 0 radical (unpaired) electrons. The fourth-order valence-corrected chi connectivity index (χ4v) is 1.42. The molecule has 0 aromatic carbocycles. The minimum Gasteiger partial charge on any atom is -0.343 e. The second-order valence-corrected chi connectivity index (χ2v) is 3.84. The molecule has 1 aliphatic heterocycles. The van der Waals surface area contributed by atoms with Gasteiger partial charge in [0.15, 0.2) is 0 Å². The molecule has 0 saturated carbocycles. The molecule has 1 heterocycles. The van der Waals surface area contributed by atoms with Crippen LogP contribution in [0.15, 0.2) is 0 Å². The summed E-state index contributed by atoms with van der Waals surface area (Å²) < 4.78 is 0. The zero-order valence-electron chi connectivity index (χ0n) is 9.84. The molecule has 0 atom stereocenters. The number of likely N-dealkylation sites (N-methyl/N-ethyl adjacent to an activating group) is 2. The number of hydrogen-bond acceptors (Lipinski definition) is 4. The molecule has 92 valence electrons. The van der Waals surface area contributed by atoms with Crippen molar-refractivity contribution in [3.05, 3.63) is 0 Å². The van der Waals surface area contributed by atoms with Crippen LogP contribution in [0.25, 0.3) is 0 Å². The Bertz CT molecular complexity index is 388. The Morgan fingerprint density at radius 3 is 2.65 bits per heavy atom. The van der Waals surface area contributed by atoms with Crippen molar-refractivity contribution in [2.45, 2.75) is 6.42 Å². The number of carbonyl (C=O) groups excluding carboxylic acids is 3. The quantitative estimate of drug-likeness (QED) is 0.603. The topological polar surface area (TPSA) is 84.7 Å². The van der Waals surface area contributed by atoms with Gasteiger partial charge in [-0.05, 0) is 0 Å². The zero-order chi connectivity index (χ0) is 13.0. The van der Waals surface area contributed by atoms with Gasteiger partial charge in [0.25, 0.3) is 5.91 Å². The Morgan fingerprint density at radius 2 is 2.18 bits per heavy atom. The van der Waals surface area contributed by atoms with Crippen molar-refractivity contribution in [3.63, 3.8) is 0 Å². The highest BCUT2D eigenvalue weighted by Gasteiger charge is 2.35. The van der Waals surface area contributed by atoms with Gasteiger partial charge in [-0.2, -0.15) is 5.26 Å². The van der Waals surface area contributed by atoms with E-state index < -0.39 is 6.03 Å². The van der Waals surface area contributed by atoms with Crippen LogP contribution in [0.5, 0.6) is 0 Å². The summed E-state index contributed by atoms with van der Waals surface area (Å²) in [4.78, 5) is 38.1. The molecule has 1 fully saturated rings. The molecule has 7 nitrogen and oxygen atoms in total. The summed E-state index contributed by atoms with van der Waals surface area (Å²) in [5, 5.41) is 8.39. The van der Waals surface area contributed by atoms with Gasteiger partial charge < -0.3 is 9.80 Å². The van der Waals surface area contributed by atoms with Crippen LogP contribution in [-0.4, -0.2) is 66.3 Å². The maximum absolute atomic E-state index is 11.7. The lowest BCUT2D eigenvalue weighted by atomic mass is 10.4. The van der Waals surface area contributed by atoms with Gasteiger partial charge >= 0.3 is 6.03 Å². The third-order valence-electron chi connectivity index (χ3n) is 2.51. The number of amides is 4. The summed E-state index contributed by atoms with van der Waals surface area (Å²) in [6.07, 6.45) is 0.226. The molecule has 0 spiro atoms. The molecule has 0 unspecified atom stereocenters. The molecule has 0 N–H and O–H groups in total. The smallest absolute Gasteiger partial charge is 0.327 e. The molecule has 7 heteroatoms. The highest BCUT2D eigenvalue weighted by molar-refractivity contribution is 6.04. The minimum absolute atomic E-state index is 0.00796. The lowest BCUT2D eigenvalue weighted by Crippen LogP contribution is -2.42. The Morgan fingerprint density at radius 1 is 1.53 bits per heavy atom. The van der Waals surface area contributed by atoms with E-state index in [0.717, 1.165) is 4.90 Å². The molecule has 4 amide bonds. The Balaban J connectivity index is 2.54. The van der Waals surface area contributed by atoms with E-state index in [-0.39, 0.29) is 31.3 Å². The number of urea groups is 1. The first-order chi connectivity index (χ1) is 7.97. The van der Waals surface area contributed by atoms with Crippen LogP contribution < -0.4 is 0 Å². The van der Waals surface area contributed by atoms with Gasteiger partial charge in [0.1, 0.15) is 13.1 Å². The third kappa shape index (κ3) is 2.93. The monoisotopic (exact) mass is 238 g/mol. The lowest BCUT2D eigenvalue weighted by molar-refractivity contribution is -0.135. The van der Waals surface area contributed by atoms with Crippen molar-refractivity contribution in [1.29, 1.82) is 5.26 Å². The molecule has 0 bridgehead atoms. The van der Waals surface area contributed by atoms with E-state index in [0.29, 0.717) is 6.54 Å². The van der Waals surface area contributed by atoms with E-state index in [4.69, 9.17) is 5.26 Å². The summed E-state index contributed by atoms with van der Waals surface area (Å²) in [5.41, 5.74) is 0. The van der Waals surface area contributed by atoms with E-state index in [9.17, 15) is 14.4 Å². The van der Waals surface area contributed by atoms with Crippen molar-refractivity contribution in [2.24, 2.45) is 0 Å². The molecule has 0 aliphatic carbocycles. The van der Waals surface area contributed by atoms with Gasteiger partial charge in [0.05, 0.1) is 12.5 Å². The van der Waals surface area contributed by atoms with Crippen LogP contribution >= 0.6 is 0 Å². The number of carbonyl (C=O) groups is 3. The third-order valence-corrected chi connectivity index (χ3v) is 2.51. The summed E-state index contributed by atoms with van der Waals surface area (Å²) in [7, 11) is 3.04. The zero-order valence-corrected chi connectivity index (χ0v) is 9.84. The molecular formula is C10H14N4O3. The van der Waals surface area contributed by atoms with Gasteiger partial charge in [0, 0.05) is 20.6 Å². The highest BCUT2D eigenvalue weighted by atomic mass is 16.2. The van der Waals surface area contributed by atoms with Crippen LogP contribution in [0.4, 0.5) is 4.79 Å². The Kier molecular flexibility index (Phi) is 4.04. The van der Waals surface area contributed by atoms with E-state index in [1.54, 1.807) is 0 Å². The van der Waals surface area contributed by atoms with Gasteiger partial charge in [-0.3, -0.25) is 14.5 Å². The van der Waals surface area contributed by atoms with Crippen LogP contribution in [0.1, 0.15) is 6.42 Å².